The van der Waals surface area contributed by atoms with Gasteiger partial charge in [0, 0.05) is 15.1 Å². The van der Waals surface area contributed by atoms with Gasteiger partial charge in [0.2, 0.25) is 0 Å². The Kier molecular flexibility index (Phi) is 8.43. The molecule has 37 heavy (non-hydrogen) atoms. The third-order valence-electron chi connectivity index (χ3n) is 5.61. The van der Waals surface area contributed by atoms with E-state index in [2.05, 4.69) is 26.5 Å². The summed E-state index contributed by atoms with van der Waals surface area (Å²) >= 11 is 9.72. The average Bonchev–Trinajstić information content (AvgIpc) is 2.90. The molecule has 0 atom stereocenters. The summed E-state index contributed by atoms with van der Waals surface area (Å²) in [5.74, 6) is -0.378. The zero-order valence-electron chi connectivity index (χ0n) is 19.8. The quantitative estimate of drug-likeness (QED) is 0.185. The second-order valence-electron chi connectivity index (χ2n) is 8.16. The first-order valence-corrected chi connectivity index (χ1v) is 13.9. The number of amides is 1. The van der Waals surface area contributed by atoms with Crippen molar-refractivity contribution >= 4 is 55.4 Å². The summed E-state index contributed by atoms with van der Waals surface area (Å²) in [7, 11) is -3.89. The highest BCUT2D eigenvalue weighted by Crippen LogP contribution is 2.32. The minimum Gasteiger partial charge on any atom is -0.267 e. The van der Waals surface area contributed by atoms with Gasteiger partial charge in [0.05, 0.1) is 23.3 Å². The SMILES string of the molecule is Cc1c(Cl)cccc1N(Cc1ccc(C(=O)N/N=C\c2cccc(Br)c2)cc1)S(=O)(=O)c1ccccc1. The maximum absolute atomic E-state index is 13.6. The Morgan fingerprint density at radius 3 is 2.38 bits per heavy atom. The van der Waals surface area contributed by atoms with Gasteiger partial charge in [-0.05, 0) is 72.1 Å². The molecule has 0 aliphatic heterocycles. The number of nitrogens with one attached hydrogen (secondary N) is 1. The van der Waals surface area contributed by atoms with Crippen molar-refractivity contribution in [2.24, 2.45) is 5.10 Å². The molecule has 0 spiro atoms. The van der Waals surface area contributed by atoms with Crippen LogP contribution in [0.2, 0.25) is 5.02 Å². The fraction of sp³-hybridized carbons (Fsp3) is 0.0714. The number of nitrogens with zero attached hydrogens (tertiary/aromatic N) is 2. The van der Waals surface area contributed by atoms with Gasteiger partial charge in [-0.15, -0.1) is 0 Å². The number of sulfonamides is 1. The molecule has 0 heterocycles. The number of anilines is 1. The molecule has 1 amide bonds. The molecule has 188 valence electrons. The normalized spacial score (nSPS) is 11.4. The van der Waals surface area contributed by atoms with E-state index in [1.54, 1.807) is 85.9 Å². The molecular weight excluding hydrogens is 574 g/mol. The summed E-state index contributed by atoms with van der Waals surface area (Å²) in [6.07, 6.45) is 1.55. The van der Waals surface area contributed by atoms with Crippen LogP contribution in [0.5, 0.6) is 0 Å². The van der Waals surface area contributed by atoms with Crippen LogP contribution in [0.1, 0.15) is 27.0 Å². The van der Waals surface area contributed by atoms with E-state index in [1.165, 1.54) is 4.31 Å². The molecule has 4 rings (SSSR count). The zero-order valence-corrected chi connectivity index (χ0v) is 23.0. The molecule has 1 N–H and O–H groups in total. The molecule has 4 aromatic carbocycles. The van der Waals surface area contributed by atoms with Crippen LogP contribution < -0.4 is 9.73 Å². The largest absolute Gasteiger partial charge is 0.271 e. The Morgan fingerprint density at radius 1 is 0.973 bits per heavy atom. The number of benzene rings is 4. The Labute approximate surface area is 229 Å². The van der Waals surface area contributed by atoms with E-state index in [9.17, 15) is 13.2 Å². The summed E-state index contributed by atoms with van der Waals surface area (Å²) in [5.41, 5.74) is 5.58. The Balaban J connectivity index is 1.56. The van der Waals surface area contributed by atoms with Crippen molar-refractivity contribution in [2.75, 3.05) is 4.31 Å². The average molecular weight is 597 g/mol. The summed E-state index contributed by atoms with van der Waals surface area (Å²) in [4.78, 5) is 12.7. The van der Waals surface area contributed by atoms with Crippen molar-refractivity contribution in [2.45, 2.75) is 18.4 Å². The maximum atomic E-state index is 13.6. The van der Waals surface area contributed by atoms with Gasteiger partial charge >= 0.3 is 0 Å². The summed E-state index contributed by atoms with van der Waals surface area (Å²) in [5, 5.41) is 4.48. The van der Waals surface area contributed by atoms with Crippen molar-refractivity contribution in [3.05, 3.63) is 129 Å². The number of halogens is 2. The number of carbonyl (C=O) groups excluding carboxylic acids is 1. The van der Waals surface area contributed by atoms with Crippen LogP contribution in [-0.4, -0.2) is 20.5 Å². The van der Waals surface area contributed by atoms with Crippen LogP contribution in [0, 0.1) is 6.92 Å². The molecule has 6 nitrogen and oxygen atoms in total. The van der Waals surface area contributed by atoms with E-state index in [0.29, 0.717) is 27.4 Å². The fourth-order valence-electron chi connectivity index (χ4n) is 3.63. The Morgan fingerprint density at radius 2 is 1.68 bits per heavy atom. The topological polar surface area (TPSA) is 78.8 Å². The van der Waals surface area contributed by atoms with Crippen molar-refractivity contribution in [1.82, 2.24) is 5.43 Å². The lowest BCUT2D eigenvalue weighted by molar-refractivity contribution is 0.0955. The predicted molar refractivity (Wildman–Crippen MR) is 152 cm³/mol. The van der Waals surface area contributed by atoms with Crippen LogP contribution in [0.15, 0.2) is 112 Å². The van der Waals surface area contributed by atoms with Crippen molar-refractivity contribution in [3.8, 4) is 0 Å². The molecule has 0 aliphatic rings. The molecule has 0 bridgehead atoms. The summed E-state index contributed by atoms with van der Waals surface area (Å²) in [6.45, 7) is 1.84. The lowest BCUT2D eigenvalue weighted by Crippen LogP contribution is -2.31. The second kappa shape index (κ2) is 11.7. The van der Waals surface area contributed by atoms with Gasteiger partial charge in [0.25, 0.3) is 15.9 Å². The van der Waals surface area contributed by atoms with Crippen molar-refractivity contribution in [3.63, 3.8) is 0 Å². The smallest absolute Gasteiger partial charge is 0.267 e. The highest BCUT2D eigenvalue weighted by molar-refractivity contribution is 9.10. The highest BCUT2D eigenvalue weighted by Gasteiger charge is 2.27. The van der Waals surface area contributed by atoms with E-state index in [-0.39, 0.29) is 17.3 Å². The number of hydrogen-bond donors (Lipinski definition) is 1. The standard InChI is InChI=1S/C28H23BrClN3O3S/c1-20-26(30)11-6-12-27(20)33(37(35,36)25-9-3-2-4-10-25)19-21-13-15-23(16-14-21)28(34)32-31-18-22-7-5-8-24(29)17-22/h2-18H,19H2,1H3,(H,32,34)/b31-18-. The molecule has 0 fully saturated rings. The Hall–Kier alpha value is -3.46. The molecule has 0 saturated heterocycles. The van der Waals surface area contributed by atoms with Crippen LogP contribution in [0.4, 0.5) is 5.69 Å². The lowest BCUT2D eigenvalue weighted by Gasteiger charge is -2.26. The van der Waals surface area contributed by atoms with Crippen LogP contribution >= 0.6 is 27.5 Å². The van der Waals surface area contributed by atoms with Gasteiger partial charge < -0.3 is 0 Å². The van der Waals surface area contributed by atoms with Gasteiger partial charge in [-0.25, -0.2) is 13.8 Å². The fourth-order valence-corrected chi connectivity index (χ4v) is 5.75. The van der Waals surface area contributed by atoms with E-state index in [4.69, 9.17) is 11.6 Å². The molecule has 4 aromatic rings. The van der Waals surface area contributed by atoms with Crippen LogP contribution in [0.25, 0.3) is 0 Å². The molecule has 0 radical (unpaired) electrons. The van der Waals surface area contributed by atoms with Crippen molar-refractivity contribution in [1.29, 1.82) is 0 Å². The maximum Gasteiger partial charge on any atom is 0.271 e. The first kappa shape index (κ1) is 26.6. The second-order valence-corrected chi connectivity index (χ2v) is 11.3. The van der Waals surface area contributed by atoms with Gasteiger partial charge in [-0.3, -0.25) is 9.10 Å². The van der Waals surface area contributed by atoms with Gasteiger partial charge in [-0.2, -0.15) is 5.10 Å². The van der Waals surface area contributed by atoms with Gasteiger partial charge in [0.1, 0.15) is 0 Å². The summed E-state index contributed by atoms with van der Waals surface area (Å²) < 4.78 is 29.5. The van der Waals surface area contributed by atoms with Gasteiger partial charge in [0.15, 0.2) is 0 Å². The first-order valence-electron chi connectivity index (χ1n) is 11.3. The number of carbonyl (C=O) groups is 1. The lowest BCUT2D eigenvalue weighted by atomic mass is 10.1. The van der Waals surface area contributed by atoms with E-state index >= 15 is 0 Å². The van der Waals surface area contributed by atoms with Gasteiger partial charge in [-0.1, -0.05) is 76.1 Å². The minimum atomic E-state index is -3.89. The molecular formula is C28H23BrClN3O3S. The van der Waals surface area contributed by atoms with Crippen LogP contribution in [0.3, 0.4) is 0 Å². The van der Waals surface area contributed by atoms with E-state index in [1.807, 2.05) is 24.3 Å². The first-order chi connectivity index (χ1) is 17.8. The number of hydrazone groups is 1. The minimum absolute atomic E-state index is 0.0569. The number of rotatable bonds is 8. The molecule has 0 aliphatic carbocycles. The Bertz CT molecular complexity index is 1540. The number of hydrogen-bond acceptors (Lipinski definition) is 4. The third-order valence-corrected chi connectivity index (χ3v) is 8.29. The zero-order chi connectivity index (χ0) is 26.4. The third kappa shape index (κ3) is 6.46. The molecule has 0 unspecified atom stereocenters. The van der Waals surface area contributed by atoms with Crippen molar-refractivity contribution < 1.29 is 13.2 Å². The monoisotopic (exact) mass is 595 g/mol. The molecule has 0 aromatic heterocycles. The van der Waals surface area contributed by atoms with Crippen LogP contribution in [-0.2, 0) is 16.6 Å². The predicted octanol–water partition coefficient (Wildman–Crippen LogP) is 6.57. The molecule has 9 heteroatoms. The van der Waals surface area contributed by atoms with E-state index in [0.717, 1.165) is 10.0 Å². The highest BCUT2D eigenvalue weighted by atomic mass is 79.9. The molecule has 0 saturated carbocycles. The van der Waals surface area contributed by atoms with E-state index < -0.39 is 10.0 Å². The summed E-state index contributed by atoms with van der Waals surface area (Å²) in [6, 6.07) is 27.7.